The van der Waals surface area contributed by atoms with Crippen LogP contribution in [0.4, 0.5) is 0 Å². The van der Waals surface area contributed by atoms with E-state index in [4.69, 9.17) is 16.3 Å². The van der Waals surface area contributed by atoms with Crippen LogP contribution in [-0.2, 0) is 0 Å². The molecule has 0 spiro atoms. The normalized spacial score (nSPS) is 12.5. The van der Waals surface area contributed by atoms with Crippen LogP contribution in [0.1, 0.15) is 31.4 Å². The minimum atomic E-state index is -0.706. The molecule has 3 nitrogen and oxygen atoms in total. The second-order valence-electron chi connectivity index (χ2n) is 3.35. The maximum absolute atomic E-state index is 9.77. The summed E-state index contributed by atoms with van der Waals surface area (Å²) in [6.07, 6.45) is 0.703. The second-order valence-corrected chi connectivity index (χ2v) is 3.79. The number of phenols is 1. The molecular formula is C11H15ClO3. The van der Waals surface area contributed by atoms with Crippen molar-refractivity contribution in [2.45, 2.75) is 25.9 Å². The monoisotopic (exact) mass is 230 g/mol. The number of halogens is 1. The third-order valence-corrected chi connectivity index (χ3v) is 2.43. The minimum absolute atomic E-state index is 0.0390. The summed E-state index contributed by atoms with van der Waals surface area (Å²) >= 11 is 5.84. The lowest BCUT2D eigenvalue weighted by molar-refractivity contribution is 0.162. The first kappa shape index (κ1) is 12.1. The Kier molecular flexibility index (Phi) is 4.24. The Hall–Kier alpha value is -0.930. The van der Waals surface area contributed by atoms with Gasteiger partial charge in [0.25, 0.3) is 0 Å². The molecule has 0 aliphatic heterocycles. The number of phenolic OH excluding ortho intramolecular Hbond substituents is 1. The maximum Gasteiger partial charge on any atom is 0.163 e. The van der Waals surface area contributed by atoms with Crippen molar-refractivity contribution < 1.29 is 14.9 Å². The fourth-order valence-electron chi connectivity index (χ4n) is 1.43. The van der Waals surface area contributed by atoms with Gasteiger partial charge in [0.05, 0.1) is 13.2 Å². The standard InChI is InChI=1S/C11H15ClO3/c1-3-4-9(13)8-5-7(12)6-10(15-2)11(8)14/h5-6,9,13-14H,3-4H2,1-2H3. The molecule has 0 bridgehead atoms. The largest absolute Gasteiger partial charge is 0.504 e. The van der Waals surface area contributed by atoms with Gasteiger partial charge in [0.15, 0.2) is 11.5 Å². The summed E-state index contributed by atoms with van der Waals surface area (Å²) in [6.45, 7) is 1.96. The number of ether oxygens (including phenoxy) is 1. The molecule has 0 fully saturated rings. The smallest absolute Gasteiger partial charge is 0.163 e. The van der Waals surface area contributed by atoms with Crippen molar-refractivity contribution in [3.05, 3.63) is 22.7 Å². The van der Waals surface area contributed by atoms with Gasteiger partial charge in [0.2, 0.25) is 0 Å². The quantitative estimate of drug-likeness (QED) is 0.836. The highest BCUT2D eigenvalue weighted by Gasteiger charge is 2.16. The molecule has 15 heavy (non-hydrogen) atoms. The molecule has 0 aromatic heterocycles. The van der Waals surface area contributed by atoms with E-state index >= 15 is 0 Å². The summed E-state index contributed by atoms with van der Waals surface area (Å²) in [5.74, 6) is 0.246. The predicted octanol–water partition coefficient (Wildman–Crippen LogP) is 2.89. The molecule has 84 valence electrons. The van der Waals surface area contributed by atoms with Crippen molar-refractivity contribution >= 4 is 11.6 Å². The topological polar surface area (TPSA) is 49.7 Å². The highest BCUT2D eigenvalue weighted by Crippen LogP contribution is 2.37. The van der Waals surface area contributed by atoms with E-state index in [1.807, 2.05) is 6.92 Å². The molecule has 0 radical (unpaired) electrons. The first-order valence-electron chi connectivity index (χ1n) is 4.84. The lowest BCUT2D eigenvalue weighted by Gasteiger charge is -2.14. The number of aromatic hydroxyl groups is 1. The molecule has 1 unspecified atom stereocenters. The number of aliphatic hydroxyl groups is 1. The van der Waals surface area contributed by atoms with E-state index in [9.17, 15) is 10.2 Å². The Labute approximate surface area is 94.3 Å². The average molecular weight is 231 g/mol. The van der Waals surface area contributed by atoms with Crippen LogP contribution in [-0.4, -0.2) is 17.3 Å². The van der Waals surface area contributed by atoms with Gasteiger partial charge in [-0.3, -0.25) is 0 Å². The Morgan fingerprint density at radius 1 is 1.47 bits per heavy atom. The molecule has 0 aliphatic carbocycles. The number of aliphatic hydroxyl groups excluding tert-OH is 1. The lowest BCUT2D eigenvalue weighted by Crippen LogP contribution is -1.98. The SMILES string of the molecule is CCCC(O)c1cc(Cl)cc(OC)c1O. The molecular weight excluding hydrogens is 216 g/mol. The van der Waals surface area contributed by atoms with E-state index in [0.29, 0.717) is 17.0 Å². The molecule has 4 heteroatoms. The first-order chi connectivity index (χ1) is 7.10. The van der Waals surface area contributed by atoms with E-state index < -0.39 is 6.10 Å². The van der Waals surface area contributed by atoms with Crippen LogP contribution >= 0.6 is 11.6 Å². The number of hydrogen-bond donors (Lipinski definition) is 2. The number of methoxy groups -OCH3 is 1. The van der Waals surface area contributed by atoms with Gasteiger partial charge < -0.3 is 14.9 Å². The summed E-state index contributed by atoms with van der Waals surface area (Å²) in [4.78, 5) is 0. The molecule has 0 heterocycles. The van der Waals surface area contributed by atoms with E-state index in [1.165, 1.54) is 13.2 Å². The van der Waals surface area contributed by atoms with Crippen LogP contribution in [0, 0.1) is 0 Å². The zero-order valence-corrected chi connectivity index (χ0v) is 9.58. The van der Waals surface area contributed by atoms with Gasteiger partial charge in [-0.25, -0.2) is 0 Å². The lowest BCUT2D eigenvalue weighted by atomic mass is 10.0. The van der Waals surface area contributed by atoms with Crippen LogP contribution in [0.25, 0.3) is 0 Å². The molecule has 1 atom stereocenters. The summed E-state index contributed by atoms with van der Waals surface area (Å²) in [5.41, 5.74) is 0.418. The van der Waals surface area contributed by atoms with Crippen LogP contribution in [0.3, 0.4) is 0 Å². The van der Waals surface area contributed by atoms with Crippen molar-refractivity contribution in [2.24, 2.45) is 0 Å². The van der Waals surface area contributed by atoms with Crippen molar-refractivity contribution in [1.29, 1.82) is 0 Å². The van der Waals surface area contributed by atoms with Gasteiger partial charge in [-0.05, 0) is 12.5 Å². The third kappa shape index (κ3) is 2.76. The van der Waals surface area contributed by atoms with Crippen molar-refractivity contribution in [3.8, 4) is 11.5 Å². The molecule has 0 saturated heterocycles. The highest BCUT2D eigenvalue weighted by atomic mass is 35.5. The zero-order chi connectivity index (χ0) is 11.4. The molecule has 1 aromatic carbocycles. The molecule has 0 saturated carbocycles. The first-order valence-corrected chi connectivity index (χ1v) is 5.22. The zero-order valence-electron chi connectivity index (χ0n) is 8.83. The Bertz CT molecular complexity index is 339. The van der Waals surface area contributed by atoms with Gasteiger partial charge in [-0.1, -0.05) is 24.9 Å². The van der Waals surface area contributed by atoms with E-state index in [2.05, 4.69) is 0 Å². The summed E-state index contributed by atoms with van der Waals surface area (Å²) in [6, 6.07) is 3.07. The average Bonchev–Trinajstić information content (AvgIpc) is 2.21. The number of benzene rings is 1. The van der Waals surface area contributed by atoms with E-state index in [-0.39, 0.29) is 11.5 Å². The van der Waals surface area contributed by atoms with Crippen molar-refractivity contribution in [3.63, 3.8) is 0 Å². The molecule has 1 rings (SSSR count). The van der Waals surface area contributed by atoms with Crippen LogP contribution in [0.2, 0.25) is 5.02 Å². The summed E-state index contributed by atoms with van der Waals surface area (Å²) in [7, 11) is 1.45. The number of rotatable bonds is 4. The van der Waals surface area contributed by atoms with Gasteiger partial charge >= 0.3 is 0 Å². The summed E-state index contributed by atoms with van der Waals surface area (Å²) < 4.78 is 4.95. The van der Waals surface area contributed by atoms with Gasteiger partial charge in [-0.2, -0.15) is 0 Å². The fourth-order valence-corrected chi connectivity index (χ4v) is 1.65. The van der Waals surface area contributed by atoms with Crippen LogP contribution < -0.4 is 4.74 Å². The Morgan fingerprint density at radius 3 is 2.67 bits per heavy atom. The second kappa shape index (κ2) is 5.24. The van der Waals surface area contributed by atoms with Gasteiger partial charge in [-0.15, -0.1) is 0 Å². The third-order valence-electron chi connectivity index (χ3n) is 2.21. The predicted molar refractivity (Wildman–Crippen MR) is 59.5 cm³/mol. The number of hydrogen-bond acceptors (Lipinski definition) is 3. The molecule has 0 amide bonds. The van der Waals surface area contributed by atoms with Crippen molar-refractivity contribution in [2.75, 3.05) is 7.11 Å². The molecule has 1 aromatic rings. The minimum Gasteiger partial charge on any atom is -0.504 e. The van der Waals surface area contributed by atoms with E-state index in [0.717, 1.165) is 6.42 Å². The molecule has 0 aliphatic rings. The fraction of sp³-hybridized carbons (Fsp3) is 0.455. The van der Waals surface area contributed by atoms with E-state index in [1.54, 1.807) is 6.07 Å². The van der Waals surface area contributed by atoms with Crippen molar-refractivity contribution in [1.82, 2.24) is 0 Å². The Balaban J connectivity index is 3.11. The van der Waals surface area contributed by atoms with Gasteiger partial charge in [0.1, 0.15) is 0 Å². The van der Waals surface area contributed by atoms with Gasteiger partial charge in [0, 0.05) is 16.7 Å². The molecule has 2 N–H and O–H groups in total. The van der Waals surface area contributed by atoms with Crippen LogP contribution in [0.5, 0.6) is 11.5 Å². The Morgan fingerprint density at radius 2 is 2.13 bits per heavy atom. The highest BCUT2D eigenvalue weighted by molar-refractivity contribution is 6.30. The summed E-state index contributed by atoms with van der Waals surface area (Å²) in [5, 5.41) is 20.0. The maximum atomic E-state index is 9.77. The van der Waals surface area contributed by atoms with Crippen LogP contribution in [0.15, 0.2) is 12.1 Å².